The predicted octanol–water partition coefficient (Wildman–Crippen LogP) is 4.01. The largest absolute Gasteiger partial charge is 0.497 e. The fraction of sp³-hybridized carbons (Fsp3) is 0.261. The van der Waals surface area contributed by atoms with Gasteiger partial charge in [-0.25, -0.2) is 9.59 Å². The summed E-state index contributed by atoms with van der Waals surface area (Å²) in [6, 6.07) is 13.8. The molecule has 1 N–H and O–H groups in total. The summed E-state index contributed by atoms with van der Waals surface area (Å²) in [5.74, 6) is 0.447. The number of amides is 3. The third kappa shape index (κ3) is 4.20. The molecule has 0 saturated carbocycles. The van der Waals surface area contributed by atoms with E-state index in [4.69, 9.17) is 9.15 Å². The summed E-state index contributed by atoms with van der Waals surface area (Å²) in [6.45, 7) is 1.72. The Hall–Kier alpha value is -3.13. The maximum atomic E-state index is 13.2. The summed E-state index contributed by atoms with van der Waals surface area (Å²) < 4.78 is 11.2. The average molecular weight is 485 g/mol. The molecule has 1 fully saturated rings. The number of ether oxygens (including phenoxy) is 1. The Morgan fingerprint density at radius 3 is 2.55 bits per heavy atom. The lowest BCUT2D eigenvalue weighted by atomic mass is 9.93. The van der Waals surface area contributed by atoms with E-state index in [9.17, 15) is 14.4 Å². The molecule has 2 aromatic carbocycles. The van der Waals surface area contributed by atoms with E-state index in [2.05, 4.69) is 21.2 Å². The number of urea groups is 1. The molecule has 0 spiro atoms. The van der Waals surface area contributed by atoms with E-state index in [1.165, 1.54) is 6.07 Å². The van der Waals surface area contributed by atoms with Crippen molar-refractivity contribution in [2.24, 2.45) is 0 Å². The lowest BCUT2D eigenvalue weighted by Gasteiger charge is -2.22. The fourth-order valence-corrected chi connectivity index (χ4v) is 4.09. The maximum absolute atomic E-state index is 13.2. The van der Waals surface area contributed by atoms with Crippen molar-refractivity contribution in [2.75, 3.05) is 7.11 Å². The van der Waals surface area contributed by atoms with Crippen LogP contribution >= 0.6 is 15.9 Å². The monoisotopic (exact) mass is 484 g/mol. The molecule has 2 heterocycles. The molecule has 1 saturated heterocycles. The van der Waals surface area contributed by atoms with Crippen molar-refractivity contribution in [3.05, 3.63) is 74.6 Å². The predicted molar refractivity (Wildman–Crippen MR) is 119 cm³/mol. The number of hydrogen-bond acceptors (Lipinski definition) is 5. The van der Waals surface area contributed by atoms with Gasteiger partial charge in [0, 0.05) is 15.9 Å². The average Bonchev–Trinajstić information content (AvgIpc) is 2.95. The first-order chi connectivity index (χ1) is 14.8. The molecule has 7 nitrogen and oxygen atoms in total. The van der Waals surface area contributed by atoms with Gasteiger partial charge in [-0.1, -0.05) is 28.1 Å². The van der Waals surface area contributed by atoms with Crippen molar-refractivity contribution in [1.82, 2.24) is 10.2 Å². The molecule has 1 aromatic heterocycles. The minimum atomic E-state index is -1.02. The minimum absolute atomic E-state index is 0.00742. The number of halogens is 1. The van der Waals surface area contributed by atoms with Crippen LogP contribution in [-0.2, 0) is 17.8 Å². The third-order valence-corrected chi connectivity index (χ3v) is 6.03. The van der Waals surface area contributed by atoms with Crippen LogP contribution in [0.25, 0.3) is 11.0 Å². The van der Waals surface area contributed by atoms with Crippen LogP contribution in [0.3, 0.4) is 0 Å². The zero-order valence-corrected chi connectivity index (χ0v) is 18.7. The molecule has 3 aromatic rings. The Labute approximate surface area is 187 Å². The van der Waals surface area contributed by atoms with Gasteiger partial charge < -0.3 is 14.5 Å². The number of aryl methyl sites for hydroxylation is 1. The van der Waals surface area contributed by atoms with Crippen LogP contribution in [0.4, 0.5) is 4.79 Å². The van der Waals surface area contributed by atoms with Crippen molar-refractivity contribution in [2.45, 2.75) is 31.8 Å². The number of nitrogens with one attached hydrogen (secondary N) is 1. The van der Waals surface area contributed by atoms with E-state index >= 15 is 0 Å². The van der Waals surface area contributed by atoms with Crippen molar-refractivity contribution in [3.8, 4) is 5.75 Å². The summed E-state index contributed by atoms with van der Waals surface area (Å²) in [7, 11) is 1.61. The van der Waals surface area contributed by atoms with Gasteiger partial charge in [-0.3, -0.25) is 9.69 Å². The Morgan fingerprint density at radius 2 is 1.84 bits per heavy atom. The molecule has 4 rings (SSSR count). The summed E-state index contributed by atoms with van der Waals surface area (Å²) in [4.78, 5) is 38.9. The topological polar surface area (TPSA) is 88.8 Å². The van der Waals surface area contributed by atoms with E-state index < -0.39 is 17.2 Å². The van der Waals surface area contributed by atoms with Crippen LogP contribution in [0.15, 0.2) is 62.2 Å². The van der Waals surface area contributed by atoms with Crippen LogP contribution in [0.5, 0.6) is 5.75 Å². The van der Waals surface area contributed by atoms with E-state index in [-0.39, 0.29) is 12.5 Å². The molecule has 3 amide bonds. The molecule has 160 valence electrons. The van der Waals surface area contributed by atoms with E-state index in [0.29, 0.717) is 29.4 Å². The number of hydrogen-bond donors (Lipinski definition) is 1. The molecule has 0 bridgehead atoms. The SMILES string of the molecule is COc1ccc(CCC2(C)NC(=O)N(Cc3cc(=O)oc4cc(Br)ccc34)C2=O)cc1. The summed E-state index contributed by atoms with van der Waals surface area (Å²) in [6.07, 6.45) is 1.07. The molecule has 0 radical (unpaired) electrons. The van der Waals surface area contributed by atoms with Crippen LogP contribution in [0, 0.1) is 0 Å². The molecular weight excluding hydrogens is 464 g/mol. The molecule has 1 unspecified atom stereocenters. The van der Waals surface area contributed by atoms with Crippen LogP contribution in [0.1, 0.15) is 24.5 Å². The maximum Gasteiger partial charge on any atom is 0.336 e. The Morgan fingerprint density at radius 1 is 1.10 bits per heavy atom. The lowest BCUT2D eigenvalue weighted by molar-refractivity contribution is -0.131. The highest BCUT2D eigenvalue weighted by molar-refractivity contribution is 9.10. The lowest BCUT2D eigenvalue weighted by Crippen LogP contribution is -2.44. The number of benzene rings is 2. The van der Waals surface area contributed by atoms with Gasteiger partial charge in [0.1, 0.15) is 16.9 Å². The summed E-state index contributed by atoms with van der Waals surface area (Å²) in [5, 5.41) is 3.49. The molecule has 8 heteroatoms. The zero-order valence-electron chi connectivity index (χ0n) is 17.1. The zero-order chi connectivity index (χ0) is 22.2. The second-order valence-electron chi connectivity index (χ2n) is 7.73. The second-order valence-corrected chi connectivity index (χ2v) is 8.65. The van der Waals surface area contributed by atoms with Crippen molar-refractivity contribution in [3.63, 3.8) is 0 Å². The van der Waals surface area contributed by atoms with Crippen LogP contribution < -0.4 is 15.7 Å². The van der Waals surface area contributed by atoms with E-state index in [1.54, 1.807) is 26.2 Å². The first-order valence-corrected chi connectivity index (χ1v) is 10.6. The van der Waals surface area contributed by atoms with Crippen molar-refractivity contribution >= 4 is 38.8 Å². The number of carbonyl (C=O) groups excluding carboxylic acids is 2. The standard InChI is InChI=1S/C23H21BrN2O5/c1-23(10-9-14-3-6-17(30-2)7-4-14)21(28)26(22(29)25-23)13-15-11-20(27)31-19-12-16(24)5-8-18(15)19/h3-8,11-12H,9-10,13H2,1-2H3,(H,25,29). The van der Waals surface area contributed by atoms with Gasteiger partial charge in [-0.2, -0.15) is 0 Å². The number of nitrogens with zero attached hydrogens (tertiary/aromatic N) is 1. The number of fused-ring (bicyclic) bond motifs is 1. The van der Waals surface area contributed by atoms with Gasteiger partial charge in [0.25, 0.3) is 5.91 Å². The highest BCUT2D eigenvalue weighted by Crippen LogP contribution is 2.28. The van der Waals surface area contributed by atoms with E-state index in [1.807, 2.05) is 30.3 Å². The molecular formula is C23H21BrN2O5. The number of imide groups is 1. The second kappa shape index (κ2) is 8.19. The highest BCUT2D eigenvalue weighted by atomic mass is 79.9. The van der Waals surface area contributed by atoms with Gasteiger partial charge in [-0.15, -0.1) is 0 Å². The van der Waals surface area contributed by atoms with Crippen LogP contribution in [0.2, 0.25) is 0 Å². The smallest absolute Gasteiger partial charge is 0.336 e. The minimum Gasteiger partial charge on any atom is -0.497 e. The molecule has 0 aliphatic carbocycles. The van der Waals surface area contributed by atoms with Crippen LogP contribution in [-0.4, -0.2) is 29.5 Å². The number of rotatable bonds is 6. The molecule has 1 atom stereocenters. The van der Waals surface area contributed by atoms with Gasteiger partial charge in [0.15, 0.2) is 0 Å². The van der Waals surface area contributed by atoms with Gasteiger partial charge in [0.2, 0.25) is 0 Å². The number of carbonyl (C=O) groups is 2. The number of methoxy groups -OCH3 is 1. The molecule has 31 heavy (non-hydrogen) atoms. The molecule has 1 aliphatic heterocycles. The highest BCUT2D eigenvalue weighted by Gasteiger charge is 2.47. The Balaban J connectivity index is 1.54. The Kier molecular flexibility index (Phi) is 5.58. The summed E-state index contributed by atoms with van der Waals surface area (Å²) >= 11 is 3.35. The quantitative estimate of drug-likeness (QED) is 0.421. The Bertz CT molecular complexity index is 1220. The first kappa shape index (κ1) is 21.1. The van der Waals surface area contributed by atoms with Crippen molar-refractivity contribution < 1.29 is 18.7 Å². The fourth-order valence-electron chi connectivity index (χ4n) is 3.75. The first-order valence-electron chi connectivity index (χ1n) is 9.78. The summed E-state index contributed by atoms with van der Waals surface area (Å²) in [5.41, 5.74) is 0.442. The van der Waals surface area contributed by atoms with Gasteiger partial charge in [-0.05, 0) is 61.2 Å². The van der Waals surface area contributed by atoms with Gasteiger partial charge >= 0.3 is 11.7 Å². The third-order valence-electron chi connectivity index (χ3n) is 5.54. The van der Waals surface area contributed by atoms with Crippen molar-refractivity contribution in [1.29, 1.82) is 0 Å². The van der Waals surface area contributed by atoms with Gasteiger partial charge in [0.05, 0.1) is 13.7 Å². The molecule has 1 aliphatic rings. The van der Waals surface area contributed by atoms with E-state index in [0.717, 1.165) is 20.7 Å². The normalized spacial score (nSPS) is 18.5.